The molecular weight excluding hydrogens is 262 g/mol. The predicted octanol–water partition coefficient (Wildman–Crippen LogP) is 2.75. The van der Waals surface area contributed by atoms with Crippen molar-refractivity contribution in [2.24, 2.45) is 0 Å². The van der Waals surface area contributed by atoms with Crippen LogP contribution < -0.4 is 10.6 Å². The van der Waals surface area contributed by atoms with Crippen LogP contribution in [0.5, 0.6) is 0 Å². The first-order chi connectivity index (χ1) is 9.56. The van der Waals surface area contributed by atoms with Gasteiger partial charge in [-0.05, 0) is 48.4 Å². The first kappa shape index (κ1) is 12.6. The maximum atomic E-state index is 13.2. The second-order valence-corrected chi connectivity index (χ2v) is 4.72. The van der Waals surface area contributed by atoms with Gasteiger partial charge < -0.3 is 10.6 Å². The quantitative estimate of drug-likeness (QED) is 0.813. The van der Waals surface area contributed by atoms with E-state index in [1.54, 1.807) is 17.0 Å². The van der Waals surface area contributed by atoms with Crippen LogP contribution in [-0.4, -0.2) is 12.5 Å². The summed E-state index contributed by atoms with van der Waals surface area (Å²) in [6, 6.07) is 8.49. The monoisotopic (exact) mass is 274 g/mol. The number of fused-ring (bicyclic) bond motifs is 1. The minimum Gasteiger partial charge on any atom is -0.399 e. The molecule has 1 amide bonds. The van der Waals surface area contributed by atoms with Crippen LogP contribution in [0.15, 0.2) is 36.4 Å². The fraction of sp³-hybridized carbons (Fsp3) is 0.133. The standard InChI is InChI=1S/C15H12F2N2O/c16-12-3-1-10(8-13(12)17)15(20)19-6-5-9-7-11(18)2-4-14(9)19/h1-4,7-8H,5-6,18H2. The second-order valence-electron chi connectivity index (χ2n) is 4.72. The van der Waals surface area contributed by atoms with Crippen molar-refractivity contribution in [2.75, 3.05) is 17.2 Å². The molecule has 2 N–H and O–H groups in total. The number of nitrogen functional groups attached to an aromatic ring is 1. The molecule has 1 heterocycles. The molecule has 0 atom stereocenters. The van der Waals surface area contributed by atoms with Crippen molar-refractivity contribution >= 4 is 17.3 Å². The third kappa shape index (κ3) is 2.01. The minimum atomic E-state index is -1.02. The zero-order valence-electron chi connectivity index (χ0n) is 10.6. The molecule has 1 aliphatic rings. The van der Waals surface area contributed by atoms with Gasteiger partial charge in [0.2, 0.25) is 0 Å². The maximum Gasteiger partial charge on any atom is 0.258 e. The number of carbonyl (C=O) groups excluding carboxylic acids is 1. The van der Waals surface area contributed by atoms with Crippen molar-refractivity contribution in [3.05, 3.63) is 59.2 Å². The van der Waals surface area contributed by atoms with Gasteiger partial charge in [-0.1, -0.05) is 0 Å². The summed E-state index contributed by atoms with van der Waals surface area (Å²) < 4.78 is 26.1. The van der Waals surface area contributed by atoms with Gasteiger partial charge in [0.25, 0.3) is 5.91 Å². The Morgan fingerprint density at radius 3 is 2.65 bits per heavy atom. The van der Waals surface area contributed by atoms with Crippen LogP contribution in [0.25, 0.3) is 0 Å². The molecule has 5 heteroatoms. The zero-order valence-corrected chi connectivity index (χ0v) is 10.6. The lowest BCUT2D eigenvalue weighted by atomic mass is 10.1. The van der Waals surface area contributed by atoms with Gasteiger partial charge in [0.1, 0.15) is 0 Å². The number of nitrogens with zero attached hydrogens (tertiary/aromatic N) is 1. The third-order valence-corrected chi connectivity index (χ3v) is 3.41. The SMILES string of the molecule is Nc1ccc2c(c1)CCN2C(=O)c1ccc(F)c(F)c1. The smallest absolute Gasteiger partial charge is 0.258 e. The summed E-state index contributed by atoms with van der Waals surface area (Å²) >= 11 is 0. The topological polar surface area (TPSA) is 46.3 Å². The number of benzene rings is 2. The number of nitrogens with two attached hydrogens (primary N) is 1. The molecule has 0 saturated heterocycles. The average molecular weight is 274 g/mol. The van der Waals surface area contributed by atoms with Crippen molar-refractivity contribution in [1.82, 2.24) is 0 Å². The molecule has 3 rings (SSSR count). The highest BCUT2D eigenvalue weighted by atomic mass is 19.2. The molecule has 0 radical (unpaired) electrons. The molecule has 0 spiro atoms. The molecule has 0 fully saturated rings. The highest BCUT2D eigenvalue weighted by Gasteiger charge is 2.26. The highest BCUT2D eigenvalue weighted by Crippen LogP contribution is 2.30. The van der Waals surface area contributed by atoms with Gasteiger partial charge >= 0.3 is 0 Å². The summed E-state index contributed by atoms with van der Waals surface area (Å²) in [4.78, 5) is 13.9. The normalized spacial score (nSPS) is 13.4. The lowest BCUT2D eigenvalue weighted by Crippen LogP contribution is -2.29. The number of carbonyl (C=O) groups is 1. The van der Waals surface area contributed by atoms with Gasteiger partial charge in [0.15, 0.2) is 11.6 Å². The molecule has 2 aromatic rings. The molecule has 2 aromatic carbocycles. The van der Waals surface area contributed by atoms with Crippen LogP contribution in [0, 0.1) is 11.6 Å². The Hall–Kier alpha value is -2.43. The van der Waals surface area contributed by atoms with E-state index < -0.39 is 11.6 Å². The number of hydrogen-bond acceptors (Lipinski definition) is 2. The van der Waals surface area contributed by atoms with E-state index in [1.165, 1.54) is 6.07 Å². The van der Waals surface area contributed by atoms with Crippen LogP contribution in [-0.2, 0) is 6.42 Å². The fourth-order valence-electron chi connectivity index (χ4n) is 2.42. The van der Waals surface area contributed by atoms with Crippen molar-refractivity contribution < 1.29 is 13.6 Å². The van der Waals surface area contributed by atoms with Crippen LogP contribution in [0.4, 0.5) is 20.2 Å². The van der Waals surface area contributed by atoms with Crippen molar-refractivity contribution in [3.8, 4) is 0 Å². The number of amides is 1. The van der Waals surface area contributed by atoms with Gasteiger partial charge in [0.05, 0.1) is 0 Å². The summed E-state index contributed by atoms with van der Waals surface area (Å²) in [6.45, 7) is 0.511. The molecule has 0 saturated carbocycles. The van der Waals surface area contributed by atoms with E-state index in [0.29, 0.717) is 18.7 Å². The highest BCUT2D eigenvalue weighted by molar-refractivity contribution is 6.07. The number of halogens is 2. The van der Waals surface area contributed by atoms with E-state index in [4.69, 9.17) is 5.73 Å². The van der Waals surface area contributed by atoms with Crippen LogP contribution in [0.3, 0.4) is 0 Å². The Morgan fingerprint density at radius 1 is 1.10 bits per heavy atom. The number of anilines is 2. The van der Waals surface area contributed by atoms with Gasteiger partial charge in [-0.2, -0.15) is 0 Å². The molecule has 102 valence electrons. The van der Waals surface area contributed by atoms with E-state index in [9.17, 15) is 13.6 Å². The van der Waals surface area contributed by atoms with Crippen LogP contribution in [0.1, 0.15) is 15.9 Å². The van der Waals surface area contributed by atoms with E-state index >= 15 is 0 Å². The Kier molecular flexibility index (Phi) is 2.89. The molecule has 0 unspecified atom stereocenters. The second kappa shape index (κ2) is 4.59. The Morgan fingerprint density at radius 2 is 1.90 bits per heavy atom. The third-order valence-electron chi connectivity index (χ3n) is 3.41. The largest absolute Gasteiger partial charge is 0.399 e. The average Bonchev–Trinajstić information content (AvgIpc) is 2.84. The first-order valence-electron chi connectivity index (χ1n) is 6.21. The Labute approximate surface area is 114 Å². The molecular formula is C15H12F2N2O. The van der Waals surface area contributed by atoms with Gasteiger partial charge in [-0.25, -0.2) is 8.78 Å². The molecule has 20 heavy (non-hydrogen) atoms. The predicted molar refractivity (Wildman–Crippen MR) is 72.6 cm³/mol. The Balaban J connectivity index is 1.95. The lowest BCUT2D eigenvalue weighted by Gasteiger charge is -2.17. The van der Waals surface area contributed by atoms with E-state index in [0.717, 1.165) is 23.4 Å². The molecule has 3 nitrogen and oxygen atoms in total. The minimum absolute atomic E-state index is 0.133. The van der Waals surface area contributed by atoms with Gasteiger partial charge in [-0.15, -0.1) is 0 Å². The van der Waals surface area contributed by atoms with Crippen molar-refractivity contribution in [3.63, 3.8) is 0 Å². The fourth-order valence-corrected chi connectivity index (χ4v) is 2.42. The van der Waals surface area contributed by atoms with E-state index in [-0.39, 0.29) is 11.5 Å². The molecule has 0 aliphatic carbocycles. The summed E-state index contributed by atoms with van der Waals surface area (Å²) in [5.41, 5.74) is 8.24. The zero-order chi connectivity index (χ0) is 14.3. The van der Waals surface area contributed by atoms with E-state index in [1.807, 2.05) is 6.07 Å². The number of rotatable bonds is 1. The number of hydrogen-bond donors (Lipinski definition) is 1. The molecule has 0 aromatic heterocycles. The van der Waals surface area contributed by atoms with Crippen LogP contribution in [0.2, 0.25) is 0 Å². The maximum absolute atomic E-state index is 13.2. The van der Waals surface area contributed by atoms with Crippen LogP contribution >= 0.6 is 0 Å². The lowest BCUT2D eigenvalue weighted by molar-refractivity contribution is 0.0989. The summed E-state index contributed by atoms with van der Waals surface area (Å²) in [5.74, 6) is -2.32. The molecule has 0 bridgehead atoms. The summed E-state index contributed by atoms with van der Waals surface area (Å²) in [6.07, 6.45) is 0.704. The van der Waals surface area contributed by atoms with Gasteiger partial charge in [0, 0.05) is 23.5 Å². The molecule has 1 aliphatic heterocycles. The van der Waals surface area contributed by atoms with Crippen molar-refractivity contribution in [2.45, 2.75) is 6.42 Å². The first-order valence-corrected chi connectivity index (χ1v) is 6.21. The van der Waals surface area contributed by atoms with Crippen molar-refractivity contribution in [1.29, 1.82) is 0 Å². The van der Waals surface area contributed by atoms with Gasteiger partial charge in [-0.3, -0.25) is 4.79 Å². The summed E-state index contributed by atoms with van der Waals surface area (Å²) in [5, 5.41) is 0. The summed E-state index contributed by atoms with van der Waals surface area (Å²) in [7, 11) is 0. The van der Waals surface area contributed by atoms with E-state index in [2.05, 4.69) is 0 Å². The Bertz CT molecular complexity index is 700.